The molecule has 1 spiro atoms. The highest BCUT2D eigenvalue weighted by molar-refractivity contribution is 5.93. The van der Waals surface area contributed by atoms with Crippen molar-refractivity contribution in [3.63, 3.8) is 0 Å². The van der Waals surface area contributed by atoms with E-state index in [9.17, 15) is 14.4 Å². The van der Waals surface area contributed by atoms with E-state index in [2.05, 4.69) is 9.97 Å². The van der Waals surface area contributed by atoms with Crippen molar-refractivity contribution >= 4 is 23.0 Å². The van der Waals surface area contributed by atoms with Gasteiger partial charge >= 0.3 is 6.09 Å². The highest BCUT2D eigenvalue weighted by Gasteiger charge is 2.46. The van der Waals surface area contributed by atoms with Crippen LogP contribution in [0.2, 0.25) is 0 Å². The van der Waals surface area contributed by atoms with Crippen LogP contribution in [0.15, 0.2) is 29.1 Å². The van der Waals surface area contributed by atoms with Gasteiger partial charge in [-0.05, 0) is 12.1 Å². The number of carbonyl (C=O) groups excluding carboxylic acids is 2. The fourth-order valence-corrected chi connectivity index (χ4v) is 3.49. The van der Waals surface area contributed by atoms with Gasteiger partial charge in [0.15, 0.2) is 5.69 Å². The molecule has 0 saturated carbocycles. The number of nitrogens with zero attached hydrogens (tertiary/aromatic N) is 3. The van der Waals surface area contributed by atoms with Crippen LogP contribution >= 0.6 is 0 Å². The number of rotatable bonds is 1. The van der Waals surface area contributed by atoms with E-state index in [1.54, 1.807) is 41.1 Å². The lowest BCUT2D eigenvalue weighted by atomic mass is 9.91. The van der Waals surface area contributed by atoms with Gasteiger partial charge in [0, 0.05) is 33.0 Å². The first-order valence-electron chi connectivity index (χ1n) is 8.20. The highest BCUT2D eigenvalue weighted by atomic mass is 16.6. The second-order valence-electron chi connectivity index (χ2n) is 6.63. The number of fused-ring (bicyclic) bond motifs is 1. The zero-order valence-corrected chi connectivity index (χ0v) is 13.8. The summed E-state index contributed by atoms with van der Waals surface area (Å²) in [5, 5.41) is 0. The Hall–Kier alpha value is -2.90. The Morgan fingerprint density at radius 2 is 1.96 bits per heavy atom. The van der Waals surface area contributed by atoms with Gasteiger partial charge in [-0.2, -0.15) is 0 Å². The quantitative estimate of drug-likeness (QED) is 0.833. The van der Waals surface area contributed by atoms with E-state index in [0.717, 1.165) is 0 Å². The minimum atomic E-state index is -0.522. The SMILES string of the molecule is CN1CC2(CCN(C(=O)c3nc4ccccc4[nH]c3=O)CC2)OC1=O. The number of benzene rings is 1. The van der Waals surface area contributed by atoms with Crippen LogP contribution in [0.1, 0.15) is 23.3 Å². The summed E-state index contributed by atoms with van der Waals surface area (Å²) in [4.78, 5) is 46.6. The number of piperidine rings is 1. The highest BCUT2D eigenvalue weighted by Crippen LogP contribution is 2.32. The van der Waals surface area contributed by atoms with Crippen LogP contribution in [0.5, 0.6) is 0 Å². The first-order valence-corrected chi connectivity index (χ1v) is 8.20. The van der Waals surface area contributed by atoms with Crippen LogP contribution < -0.4 is 5.56 Å². The van der Waals surface area contributed by atoms with Crippen LogP contribution in [-0.2, 0) is 4.74 Å². The summed E-state index contributed by atoms with van der Waals surface area (Å²) in [6, 6.07) is 7.09. The molecule has 1 aromatic heterocycles. The molecule has 8 nitrogen and oxygen atoms in total. The third-order valence-electron chi connectivity index (χ3n) is 4.90. The molecule has 0 atom stereocenters. The Kier molecular flexibility index (Phi) is 3.48. The number of likely N-dealkylation sites (N-methyl/N-ethyl adjacent to an activating group) is 1. The lowest BCUT2D eigenvalue weighted by molar-refractivity contribution is 0.00296. The first-order chi connectivity index (χ1) is 12.0. The Morgan fingerprint density at radius 3 is 2.64 bits per heavy atom. The van der Waals surface area contributed by atoms with Crippen molar-refractivity contribution in [1.29, 1.82) is 0 Å². The Labute approximate surface area is 143 Å². The number of likely N-dealkylation sites (tertiary alicyclic amines) is 1. The molecule has 130 valence electrons. The van der Waals surface area contributed by atoms with Gasteiger partial charge < -0.3 is 19.5 Å². The molecule has 2 saturated heterocycles. The molecule has 8 heteroatoms. The number of carbonyl (C=O) groups is 2. The second kappa shape index (κ2) is 5.58. The van der Waals surface area contributed by atoms with Gasteiger partial charge in [-0.1, -0.05) is 12.1 Å². The van der Waals surface area contributed by atoms with Crippen molar-refractivity contribution in [3.05, 3.63) is 40.3 Å². The normalized spacial score (nSPS) is 19.5. The molecule has 25 heavy (non-hydrogen) atoms. The van der Waals surface area contributed by atoms with Crippen molar-refractivity contribution in [2.75, 3.05) is 26.7 Å². The van der Waals surface area contributed by atoms with Gasteiger partial charge in [-0.25, -0.2) is 9.78 Å². The molecule has 0 bridgehead atoms. The average molecular weight is 342 g/mol. The summed E-state index contributed by atoms with van der Waals surface area (Å²) in [6.07, 6.45) is 0.785. The minimum absolute atomic E-state index is 0.102. The second-order valence-corrected chi connectivity index (χ2v) is 6.63. The van der Waals surface area contributed by atoms with Gasteiger partial charge in [0.05, 0.1) is 17.6 Å². The van der Waals surface area contributed by atoms with Crippen LogP contribution in [0.4, 0.5) is 4.79 Å². The molecule has 2 aliphatic rings. The molecule has 2 aromatic rings. The van der Waals surface area contributed by atoms with E-state index in [0.29, 0.717) is 43.5 Å². The van der Waals surface area contributed by atoms with Crippen molar-refractivity contribution in [2.45, 2.75) is 18.4 Å². The van der Waals surface area contributed by atoms with Gasteiger partial charge in [0.2, 0.25) is 0 Å². The number of H-pyrrole nitrogens is 1. The molecular weight excluding hydrogens is 324 g/mol. The summed E-state index contributed by atoms with van der Waals surface area (Å²) >= 11 is 0. The maximum Gasteiger partial charge on any atom is 0.410 e. The lowest BCUT2D eigenvalue weighted by Crippen LogP contribution is -2.49. The van der Waals surface area contributed by atoms with E-state index in [1.807, 2.05) is 0 Å². The Balaban J connectivity index is 1.54. The van der Waals surface area contributed by atoms with Gasteiger partial charge in [-0.3, -0.25) is 9.59 Å². The molecule has 2 fully saturated rings. The molecule has 1 aromatic carbocycles. The Morgan fingerprint density at radius 1 is 1.24 bits per heavy atom. The third-order valence-corrected chi connectivity index (χ3v) is 4.90. The van der Waals surface area contributed by atoms with Crippen molar-refractivity contribution in [1.82, 2.24) is 19.8 Å². The summed E-state index contributed by atoms with van der Waals surface area (Å²) in [5.74, 6) is -0.389. The summed E-state index contributed by atoms with van der Waals surface area (Å²) < 4.78 is 5.48. The van der Waals surface area contributed by atoms with Crippen molar-refractivity contribution in [2.24, 2.45) is 0 Å². The zero-order valence-electron chi connectivity index (χ0n) is 13.8. The van der Waals surface area contributed by atoms with Crippen LogP contribution in [0, 0.1) is 0 Å². The van der Waals surface area contributed by atoms with Gasteiger partial charge in [-0.15, -0.1) is 0 Å². The Bertz CT molecular complexity index is 914. The smallest absolute Gasteiger partial charge is 0.410 e. The van der Waals surface area contributed by atoms with E-state index in [-0.39, 0.29) is 17.7 Å². The van der Waals surface area contributed by atoms with Crippen molar-refractivity contribution in [3.8, 4) is 0 Å². The predicted octanol–water partition coefficient (Wildman–Crippen LogP) is 0.980. The fraction of sp³-hybridized carbons (Fsp3) is 0.412. The first kappa shape index (κ1) is 15.6. The largest absolute Gasteiger partial charge is 0.441 e. The van der Waals surface area contributed by atoms with Crippen LogP contribution in [0.3, 0.4) is 0 Å². The summed E-state index contributed by atoms with van der Waals surface area (Å²) in [5.41, 5.74) is 0.0605. The maximum absolute atomic E-state index is 12.7. The molecule has 0 aliphatic carbocycles. The number of nitrogens with one attached hydrogen (secondary N) is 1. The minimum Gasteiger partial charge on any atom is -0.441 e. The molecule has 0 radical (unpaired) electrons. The molecule has 3 heterocycles. The third kappa shape index (κ3) is 2.63. The summed E-state index contributed by atoms with van der Waals surface area (Å²) in [6.45, 7) is 1.38. The van der Waals surface area contributed by atoms with Crippen LogP contribution in [0.25, 0.3) is 11.0 Å². The van der Waals surface area contributed by atoms with E-state index >= 15 is 0 Å². The average Bonchev–Trinajstić information content (AvgIpc) is 2.88. The molecular formula is C17H18N4O4. The number of para-hydroxylation sites is 2. The molecule has 0 unspecified atom stereocenters. The maximum atomic E-state index is 12.7. The van der Waals surface area contributed by atoms with E-state index < -0.39 is 11.2 Å². The molecule has 1 N–H and O–H groups in total. The number of amides is 2. The number of aromatic amines is 1. The van der Waals surface area contributed by atoms with E-state index in [1.165, 1.54) is 0 Å². The van der Waals surface area contributed by atoms with Crippen LogP contribution in [-0.4, -0.2) is 64.1 Å². The standard InChI is InChI=1S/C17H18N4O4/c1-20-10-17(25-16(20)24)6-8-21(9-7-17)15(23)13-14(22)19-12-5-3-2-4-11(12)18-13/h2-5H,6-10H2,1H3,(H,19,22). The zero-order chi connectivity index (χ0) is 17.6. The summed E-state index contributed by atoms with van der Waals surface area (Å²) in [7, 11) is 1.70. The molecule has 2 amide bonds. The number of aromatic nitrogens is 2. The lowest BCUT2D eigenvalue weighted by Gasteiger charge is -2.37. The monoisotopic (exact) mass is 342 g/mol. The number of hydrogen-bond acceptors (Lipinski definition) is 5. The topological polar surface area (TPSA) is 95.6 Å². The van der Waals surface area contributed by atoms with Crippen molar-refractivity contribution < 1.29 is 14.3 Å². The predicted molar refractivity (Wildman–Crippen MR) is 89.3 cm³/mol. The van der Waals surface area contributed by atoms with E-state index in [4.69, 9.17) is 4.74 Å². The molecule has 2 aliphatic heterocycles. The number of hydrogen-bond donors (Lipinski definition) is 1. The number of ether oxygens (including phenoxy) is 1. The fourth-order valence-electron chi connectivity index (χ4n) is 3.49. The van der Waals surface area contributed by atoms with Gasteiger partial charge in [0.25, 0.3) is 11.5 Å². The molecule has 4 rings (SSSR count). The van der Waals surface area contributed by atoms with Gasteiger partial charge in [0.1, 0.15) is 5.60 Å².